The summed E-state index contributed by atoms with van der Waals surface area (Å²) < 4.78 is 11.2. The van der Waals surface area contributed by atoms with Crippen LogP contribution in [0, 0.1) is 0 Å². The largest absolute Gasteiger partial charge is 0.486 e. The van der Waals surface area contributed by atoms with Crippen molar-refractivity contribution < 1.29 is 19.1 Å². The predicted molar refractivity (Wildman–Crippen MR) is 111 cm³/mol. The van der Waals surface area contributed by atoms with Gasteiger partial charge in [-0.2, -0.15) is 0 Å². The molecule has 0 aromatic heterocycles. The third-order valence-electron chi connectivity index (χ3n) is 5.13. The summed E-state index contributed by atoms with van der Waals surface area (Å²) in [6.07, 6.45) is 1.62. The number of nitrogens with zero attached hydrogens (tertiary/aromatic N) is 1. The Balaban J connectivity index is 1.64. The molecule has 2 amide bonds. The summed E-state index contributed by atoms with van der Waals surface area (Å²) >= 11 is 0. The van der Waals surface area contributed by atoms with Crippen molar-refractivity contribution in [2.45, 2.75) is 32.2 Å². The van der Waals surface area contributed by atoms with E-state index in [4.69, 9.17) is 9.47 Å². The number of likely N-dealkylation sites (N-methyl/N-ethyl adjacent to an activating group) is 1. The summed E-state index contributed by atoms with van der Waals surface area (Å²) in [6, 6.07) is 15.2. The van der Waals surface area contributed by atoms with E-state index in [9.17, 15) is 9.59 Å². The van der Waals surface area contributed by atoms with E-state index in [2.05, 4.69) is 5.32 Å². The van der Waals surface area contributed by atoms with Gasteiger partial charge in [-0.1, -0.05) is 36.4 Å². The first kappa shape index (κ1) is 20.7. The summed E-state index contributed by atoms with van der Waals surface area (Å²) in [5.74, 6) is 1.27. The monoisotopic (exact) mass is 396 g/mol. The van der Waals surface area contributed by atoms with Gasteiger partial charge in [0.2, 0.25) is 11.8 Å². The number of rotatable bonds is 8. The molecule has 0 saturated heterocycles. The molecule has 3 rings (SSSR count). The van der Waals surface area contributed by atoms with Crippen molar-refractivity contribution in [3.8, 4) is 11.5 Å². The van der Waals surface area contributed by atoms with Crippen molar-refractivity contribution in [2.75, 3.05) is 26.8 Å². The summed E-state index contributed by atoms with van der Waals surface area (Å²) in [4.78, 5) is 26.8. The molecule has 29 heavy (non-hydrogen) atoms. The van der Waals surface area contributed by atoms with Crippen LogP contribution >= 0.6 is 0 Å². The zero-order chi connectivity index (χ0) is 20.6. The van der Waals surface area contributed by atoms with Crippen LogP contribution < -0.4 is 14.8 Å². The lowest BCUT2D eigenvalue weighted by atomic mass is 10.1. The van der Waals surface area contributed by atoms with E-state index >= 15 is 0 Å². The van der Waals surface area contributed by atoms with Crippen LogP contribution in [-0.4, -0.2) is 49.6 Å². The number of aryl methyl sites for hydroxylation is 1. The normalized spacial score (nSPS) is 13.4. The van der Waals surface area contributed by atoms with E-state index in [-0.39, 0.29) is 11.8 Å². The van der Waals surface area contributed by atoms with Gasteiger partial charge in [-0.25, -0.2) is 0 Å². The van der Waals surface area contributed by atoms with Crippen molar-refractivity contribution in [1.29, 1.82) is 0 Å². The highest BCUT2D eigenvalue weighted by Gasteiger charge is 2.25. The summed E-state index contributed by atoms with van der Waals surface area (Å²) in [5.41, 5.74) is 2.15. The molecule has 2 aromatic rings. The van der Waals surface area contributed by atoms with Gasteiger partial charge in [-0.05, 0) is 43.0 Å². The van der Waals surface area contributed by atoms with E-state index < -0.39 is 6.04 Å². The van der Waals surface area contributed by atoms with Gasteiger partial charge < -0.3 is 19.7 Å². The van der Waals surface area contributed by atoms with Gasteiger partial charge in [0, 0.05) is 20.0 Å². The van der Waals surface area contributed by atoms with E-state index in [1.807, 2.05) is 48.5 Å². The van der Waals surface area contributed by atoms with Crippen LogP contribution in [0.3, 0.4) is 0 Å². The minimum atomic E-state index is -0.517. The molecule has 154 valence electrons. The molecular weight excluding hydrogens is 368 g/mol. The third kappa shape index (κ3) is 5.50. The maximum absolute atomic E-state index is 13.0. The Labute approximate surface area is 171 Å². The van der Waals surface area contributed by atoms with Crippen molar-refractivity contribution in [1.82, 2.24) is 10.2 Å². The second kappa shape index (κ2) is 9.96. The molecule has 0 spiro atoms. The Morgan fingerprint density at radius 2 is 1.72 bits per heavy atom. The first-order valence-electron chi connectivity index (χ1n) is 10.0. The Morgan fingerprint density at radius 3 is 2.45 bits per heavy atom. The zero-order valence-electron chi connectivity index (χ0n) is 17.0. The molecule has 0 unspecified atom stereocenters. The molecule has 6 nitrogen and oxygen atoms in total. The minimum Gasteiger partial charge on any atom is -0.486 e. The molecule has 1 atom stereocenters. The van der Waals surface area contributed by atoms with E-state index in [1.165, 1.54) is 0 Å². The number of carbonyl (C=O) groups excluding carboxylic acids is 2. The quantitative estimate of drug-likeness (QED) is 0.745. The van der Waals surface area contributed by atoms with E-state index in [0.29, 0.717) is 39.0 Å². The minimum absolute atomic E-state index is 0.0353. The lowest BCUT2D eigenvalue weighted by Crippen LogP contribution is -2.48. The van der Waals surface area contributed by atoms with Gasteiger partial charge >= 0.3 is 0 Å². The molecule has 0 saturated carbocycles. The molecule has 0 radical (unpaired) electrons. The smallest absolute Gasteiger partial charge is 0.242 e. The molecular formula is C23H28N2O4. The van der Waals surface area contributed by atoms with E-state index in [0.717, 1.165) is 22.6 Å². The Morgan fingerprint density at radius 1 is 1.00 bits per heavy atom. The van der Waals surface area contributed by atoms with Gasteiger partial charge in [-0.3, -0.25) is 9.59 Å². The fourth-order valence-corrected chi connectivity index (χ4v) is 3.42. The lowest BCUT2D eigenvalue weighted by molar-refractivity contribution is -0.139. The first-order chi connectivity index (χ1) is 14.1. The fraction of sp³-hybridized carbons (Fsp3) is 0.391. The lowest BCUT2D eigenvalue weighted by Gasteiger charge is -2.28. The van der Waals surface area contributed by atoms with Crippen LogP contribution in [0.5, 0.6) is 11.5 Å². The molecule has 6 heteroatoms. The molecule has 2 aromatic carbocycles. The molecule has 1 aliphatic rings. The number of carbonyl (C=O) groups is 2. The maximum Gasteiger partial charge on any atom is 0.242 e. The van der Waals surface area contributed by atoms with Gasteiger partial charge in [0.25, 0.3) is 0 Å². The SMILES string of the molecule is CNC(=O)[C@@H](C)N(CCc1ccccc1)C(=O)CCc1ccc2c(c1)OCCO2. The van der Waals surface area contributed by atoms with Crippen LogP contribution in [0.2, 0.25) is 0 Å². The number of ether oxygens (including phenoxy) is 2. The molecule has 1 heterocycles. The van der Waals surface area contributed by atoms with Crippen LogP contribution in [-0.2, 0) is 22.4 Å². The topological polar surface area (TPSA) is 67.9 Å². The summed E-state index contributed by atoms with van der Waals surface area (Å²) in [7, 11) is 1.59. The number of amides is 2. The fourth-order valence-electron chi connectivity index (χ4n) is 3.42. The van der Waals surface area contributed by atoms with Crippen LogP contribution in [0.25, 0.3) is 0 Å². The highest BCUT2D eigenvalue weighted by Crippen LogP contribution is 2.31. The number of benzene rings is 2. The van der Waals surface area contributed by atoms with Crippen molar-refractivity contribution in [3.05, 3.63) is 59.7 Å². The second-order valence-corrected chi connectivity index (χ2v) is 7.09. The van der Waals surface area contributed by atoms with Crippen LogP contribution in [0.1, 0.15) is 24.5 Å². The average molecular weight is 396 g/mol. The standard InChI is InChI=1S/C23H28N2O4/c1-17(23(27)24-2)25(13-12-18-6-4-3-5-7-18)22(26)11-9-19-8-10-20-21(16-19)29-15-14-28-20/h3-8,10,16-17H,9,11-15H2,1-2H3,(H,24,27)/t17-/m1/s1. The molecule has 1 N–H and O–H groups in total. The number of hydrogen-bond donors (Lipinski definition) is 1. The molecule has 1 aliphatic heterocycles. The maximum atomic E-state index is 13.0. The number of hydrogen-bond acceptors (Lipinski definition) is 4. The van der Waals surface area contributed by atoms with Crippen molar-refractivity contribution >= 4 is 11.8 Å². The Bertz CT molecular complexity index is 838. The number of nitrogens with one attached hydrogen (secondary N) is 1. The third-order valence-corrected chi connectivity index (χ3v) is 5.13. The van der Waals surface area contributed by atoms with Gasteiger partial charge in [-0.15, -0.1) is 0 Å². The molecule has 0 aliphatic carbocycles. The van der Waals surface area contributed by atoms with Gasteiger partial charge in [0.05, 0.1) is 0 Å². The Hall–Kier alpha value is -3.02. The number of fused-ring (bicyclic) bond motifs is 1. The Kier molecular flexibility index (Phi) is 7.11. The second-order valence-electron chi connectivity index (χ2n) is 7.09. The summed E-state index contributed by atoms with van der Waals surface area (Å²) in [6.45, 7) is 3.36. The van der Waals surface area contributed by atoms with Gasteiger partial charge in [0.1, 0.15) is 19.3 Å². The molecule has 0 bridgehead atoms. The average Bonchev–Trinajstić information content (AvgIpc) is 2.77. The van der Waals surface area contributed by atoms with Crippen LogP contribution in [0.15, 0.2) is 48.5 Å². The predicted octanol–water partition coefficient (Wildman–Crippen LogP) is 2.60. The van der Waals surface area contributed by atoms with Gasteiger partial charge in [0.15, 0.2) is 11.5 Å². The molecule has 0 fully saturated rings. The first-order valence-corrected chi connectivity index (χ1v) is 10.0. The highest BCUT2D eigenvalue weighted by atomic mass is 16.6. The van der Waals surface area contributed by atoms with E-state index in [1.54, 1.807) is 18.9 Å². The van der Waals surface area contributed by atoms with Crippen molar-refractivity contribution in [2.24, 2.45) is 0 Å². The van der Waals surface area contributed by atoms with Crippen LogP contribution in [0.4, 0.5) is 0 Å². The summed E-state index contributed by atoms with van der Waals surface area (Å²) in [5, 5.41) is 2.64. The van der Waals surface area contributed by atoms with Crippen molar-refractivity contribution in [3.63, 3.8) is 0 Å². The highest BCUT2D eigenvalue weighted by molar-refractivity contribution is 5.87. The zero-order valence-corrected chi connectivity index (χ0v) is 17.0.